The zero-order valence-electron chi connectivity index (χ0n) is 14.7. The highest BCUT2D eigenvalue weighted by Gasteiger charge is 2.24. The zero-order valence-corrected chi connectivity index (χ0v) is 15.5. The highest BCUT2D eigenvalue weighted by Crippen LogP contribution is 2.24. The van der Waals surface area contributed by atoms with Crippen molar-refractivity contribution in [3.05, 3.63) is 64.5 Å². The summed E-state index contributed by atoms with van der Waals surface area (Å²) in [7, 11) is -2.71. The van der Waals surface area contributed by atoms with Gasteiger partial charge < -0.3 is 9.30 Å². The van der Waals surface area contributed by atoms with Crippen LogP contribution in [-0.4, -0.2) is 20.1 Å². The Balaban J connectivity index is 2.31. The number of rotatable bonds is 5. The summed E-state index contributed by atoms with van der Waals surface area (Å²) in [6.45, 7) is 2.19. The van der Waals surface area contributed by atoms with E-state index in [4.69, 9.17) is 4.74 Å². The van der Waals surface area contributed by atoms with Crippen molar-refractivity contribution in [3.8, 4) is 5.75 Å². The maximum absolute atomic E-state index is 13.7. The molecule has 0 amide bonds. The average Bonchev–Trinajstić information content (AvgIpc) is 2.65. The first-order chi connectivity index (χ1) is 12.8. The number of aromatic nitrogens is 1. The van der Waals surface area contributed by atoms with Crippen LogP contribution in [-0.2, 0) is 16.4 Å². The van der Waals surface area contributed by atoms with Crippen LogP contribution in [0.15, 0.2) is 57.2 Å². The number of methoxy groups -OCH3 is 1. The molecule has 3 aromatic rings. The first-order valence-electron chi connectivity index (χ1n) is 8.21. The number of pyridine rings is 1. The molecule has 2 aromatic carbocycles. The van der Waals surface area contributed by atoms with Crippen molar-refractivity contribution in [2.45, 2.75) is 29.7 Å². The number of fused-ring (bicyclic) bond motifs is 1. The predicted molar refractivity (Wildman–Crippen MR) is 96.9 cm³/mol. The zero-order chi connectivity index (χ0) is 19.8. The van der Waals surface area contributed by atoms with Gasteiger partial charge in [0.05, 0.1) is 22.9 Å². The van der Waals surface area contributed by atoms with Gasteiger partial charge in [0.2, 0.25) is 15.3 Å². The second-order valence-corrected chi connectivity index (χ2v) is 7.90. The van der Waals surface area contributed by atoms with Crippen molar-refractivity contribution >= 4 is 20.7 Å². The van der Waals surface area contributed by atoms with E-state index < -0.39 is 31.8 Å². The first kappa shape index (κ1) is 19.0. The smallest absolute Gasteiger partial charge is 0.211 e. The van der Waals surface area contributed by atoms with Crippen molar-refractivity contribution in [1.82, 2.24) is 4.57 Å². The molecule has 0 spiro atoms. The molecule has 8 heteroatoms. The maximum atomic E-state index is 13.7. The summed E-state index contributed by atoms with van der Waals surface area (Å²) in [5.41, 5.74) is -0.721. The van der Waals surface area contributed by atoms with E-state index in [0.717, 1.165) is 12.1 Å². The largest absolute Gasteiger partial charge is 0.497 e. The van der Waals surface area contributed by atoms with Crippen LogP contribution in [0.3, 0.4) is 0 Å². The number of halogens is 2. The summed E-state index contributed by atoms with van der Waals surface area (Å²) in [5.74, 6) is -1.84. The summed E-state index contributed by atoms with van der Waals surface area (Å²) in [5, 5.41) is -0.183. The molecule has 0 aliphatic carbocycles. The standard InChI is InChI=1S/C19H17F2NO4S/c1-3-8-22-11-18(19(23)14-9-15(20)16(21)10-17(14)22)27(24,25)13-6-4-12(26-2)5-7-13/h4-7,9-11H,3,8H2,1-2H3. The first-order valence-corrected chi connectivity index (χ1v) is 9.69. The van der Waals surface area contributed by atoms with Crippen molar-refractivity contribution in [3.63, 3.8) is 0 Å². The molecule has 0 atom stereocenters. The van der Waals surface area contributed by atoms with Gasteiger partial charge in [0.15, 0.2) is 11.6 Å². The summed E-state index contributed by atoms with van der Waals surface area (Å²) in [6.07, 6.45) is 1.80. The fourth-order valence-corrected chi connectivity index (χ4v) is 4.23. The minimum Gasteiger partial charge on any atom is -0.497 e. The van der Waals surface area contributed by atoms with Crippen molar-refractivity contribution < 1.29 is 21.9 Å². The van der Waals surface area contributed by atoms with Crippen LogP contribution in [0.25, 0.3) is 10.9 Å². The van der Waals surface area contributed by atoms with Gasteiger partial charge in [-0.3, -0.25) is 4.79 Å². The third-order valence-corrected chi connectivity index (χ3v) is 5.98. The van der Waals surface area contributed by atoms with Crippen molar-refractivity contribution in [2.75, 3.05) is 7.11 Å². The monoisotopic (exact) mass is 393 g/mol. The van der Waals surface area contributed by atoms with E-state index in [1.807, 2.05) is 6.92 Å². The third kappa shape index (κ3) is 3.32. The fourth-order valence-electron chi connectivity index (χ4n) is 2.86. The Kier molecular flexibility index (Phi) is 5.01. The van der Waals surface area contributed by atoms with Crippen LogP contribution in [0.4, 0.5) is 8.78 Å². The van der Waals surface area contributed by atoms with E-state index in [9.17, 15) is 22.0 Å². The molecule has 0 aliphatic rings. The molecule has 0 radical (unpaired) electrons. The molecule has 1 heterocycles. The van der Waals surface area contributed by atoms with Gasteiger partial charge in [-0.25, -0.2) is 17.2 Å². The second kappa shape index (κ2) is 7.11. The van der Waals surface area contributed by atoms with Crippen LogP contribution in [0.1, 0.15) is 13.3 Å². The molecule has 0 fully saturated rings. The number of hydrogen-bond acceptors (Lipinski definition) is 4. The Labute approximate surface area is 154 Å². The van der Waals surface area contributed by atoms with Gasteiger partial charge >= 0.3 is 0 Å². The Hall–Kier alpha value is -2.74. The lowest BCUT2D eigenvalue weighted by Crippen LogP contribution is -2.20. The van der Waals surface area contributed by atoms with E-state index in [0.29, 0.717) is 18.7 Å². The fraction of sp³-hybridized carbons (Fsp3) is 0.211. The molecule has 0 saturated heterocycles. The second-order valence-electron chi connectivity index (χ2n) is 5.98. The van der Waals surface area contributed by atoms with Gasteiger partial charge in [0.1, 0.15) is 10.6 Å². The van der Waals surface area contributed by atoms with Crippen molar-refractivity contribution in [1.29, 1.82) is 0 Å². The lowest BCUT2D eigenvalue weighted by Gasteiger charge is -2.13. The van der Waals surface area contributed by atoms with E-state index in [1.165, 1.54) is 42.1 Å². The third-order valence-electron chi connectivity index (χ3n) is 4.21. The Morgan fingerprint density at radius 2 is 1.70 bits per heavy atom. The number of ether oxygens (including phenoxy) is 1. The number of aryl methyl sites for hydroxylation is 1. The maximum Gasteiger partial charge on any atom is 0.211 e. The van der Waals surface area contributed by atoms with Gasteiger partial charge in [-0.05, 0) is 36.8 Å². The Morgan fingerprint density at radius 3 is 2.30 bits per heavy atom. The van der Waals surface area contributed by atoms with Gasteiger partial charge in [-0.2, -0.15) is 0 Å². The summed E-state index contributed by atoms with van der Waals surface area (Å²) in [6, 6.07) is 7.24. The highest BCUT2D eigenvalue weighted by atomic mass is 32.2. The van der Waals surface area contributed by atoms with Gasteiger partial charge in [0, 0.05) is 18.8 Å². The van der Waals surface area contributed by atoms with Crippen LogP contribution in [0, 0.1) is 11.6 Å². The number of hydrogen-bond donors (Lipinski definition) is 0. The van der Waals surface area contributed by atoms with Crippen LogP contribution in [0.5, 0.6) is 5.75 Å². The summed E-state index contributed by atoms with van der Waals surface area (Å²) < 4.78 is 59.8. The topological polar surface area (TPSA) is 65.4 Å². The van der Waals surface area contributed by atoms with E-state index in [-0.39, 0.29) is 15.8 Å². The van der Waals surface area contributed by atoms with E-state index in [2.05, 4.69) is 0 Å². The lowest BCUT2D eigenvalue weighted by atomic mass is 10.2. The van der Waals surface area contributed by atoms with Gasteiger partial charge in [-0.15, -0.1) is 0 Å². The molecule has 0 N–H and O–H groups in total. The van der Waals surface area contributed by atoms with Crippen molar-refractivity contribution in [2.24, 2.45) is 0 Å². The molecule has 3 rings (SSSR count). The summed E-state index contributed by atoms with van der Waals surface area (Å²) in [4.78, 5) is 12.2. The molecule has 0 unspecified atom stereocenters. The molecule has 0 bridgehead atoms. The normalized spacial score (nSPS) is 11.7. The van der Waals surface area contributed by atoms with E-state index >= 15 is 0 Å². The van der Waals surface area contributed by atoms with Gasteiger partial charge in [0.25, 0.3) is 0 Å². The quantitative estimate of drug-likeness (QED) is 0.665. The molecule has 5 nitrogen and oxygen atoms in total. The van der Waals surface area contributed by atoms with Crippen LogP contribution >= 0.6 is 0 Å². The van der Waals surface area contributed by atoms with Gasteiger partial charge in [-0.1, -0.05) is 6.92 Å². The summed E-state index contributed by atoms with van der Waals surface area (Å²) >= 11 is 0. The van der Waals surface area contributed by atoms with Crippen LogP contribution in [0.2, 0.25) is 0 Å². The number of benzene rings is 2. The highest BCUT2D eigenvalue weighted by molar-refractivity contribution is 7.91. The molecule has 0 aliphatic heterocycles. The van der Waals surface area contributed by atoms with E-state index in [1.54, 1.807) is 0 Å². The minimum atomic E-state index is -4.15. The number of sulfone groups is 1. The molecular weight excluding hydrogens is 376 g/mol. The average molecular weight is 393 g/mol. The van der Waals surface area contributed by atoms with Crippen LogP contribution < -0.4 is 10.2 Å². The molecule has 27 heavy (non-hydrogen) atoms. The Bertz CT molecular complexity index is 1170. The lowest BCUT2D eigenvalue weighted by molar-refractivity contribution is 0.414. The molecular formula is C19H17F2NO4S. The predicted octanol–water partition coefficient (Wildman–Crippen LogP) is 3.53. The minimum absolute atomic E-state index is 0.0922. The Morgan fingerprint density at radius 1 is 1.07 bits per heavy atom. The molecule has 1 aromatic heterocycles. The molecule has 142 valence electrons. The molecule has 0 saturated carbocycles. The SMILES string of the molecule is CCCn1cc(S(=O)(=O)c2ccc(OC)cc2)c(=O)c2cc(F)c(F)cc21. The number of nitrogens with zero attached hydrogens (tertiary/aromatic N) is 1.